The van der Waals surface area contributed by atoms with E-state index in [2.05, 4.69) is 0 Å². The summed E-state index contributed by atoms with van der Waals surface area (Å²) in [5, 5.41) is 7.74. The first-order valence-electron chi connectivity index (χ1n) is 5.49. The van der Waals surface area contributed by atoms with E-state index >= 15 is 0 Å². The Kier molecular flexibility index (Phi) is 6.59. The van der Waals surface area contributed by atoms with Crippen molar-refractivity contribution in [2.45, 2.75) is 32.4 Å². The molecule has 0 aromatic carbocycles. The Labute approximate surface area is 97.4 Å². The van der Waals surface area contributed by atoms with Crippen LogP contribution in [0.4, 0.5) is 0 Å². The van der Waals surface area contributed by atoms with Gasteiger partial charge in [0.2, 0.25) is 0 Å². The Morgan fingerprint density at radius 2 is 1.81 bits per heavy atom. The molecule has 0 aliphatic rings. The van der Waals surface area contributed by atoms with Crippen LogP contribution in [0, 0.1) is 0 Å². The van der Waals surface area contributed by atoms with Crippen LogP contribution in [-0.4, -0.2) is 55.0 Å². The summed E-state index contributed by atoms with van der Waals surface area (Å²) in [4.78, 5) is 12.4. The van der Waals surface area contributed by atoms with Crippen molar-refractivity contribution >= 4 is 15.8 Å². The summed E-state index contributed by atoms with van der Waals surface area (Å²) in [6, 6.07) is 0. The summed E-state index contributed by atoms with van der Waals surface area (Å²) >= 11 is 0. The molecule has 0 aliphatic heterocycles. The Hall–Kier alpha value is -0.620. The van der Waals surface area contributed by atoms with Crippen molar-refractivity contribution in [3.63, 3.8) is 0 Å². The van der Waals surface area contributed by atoms with Gasteiger partial charge in [-0.05, 0) is 20.0 Å². The van der Waals surface area contributed by atoms with E-state index in [1.165, 1.54) is 6.92 Å². The molecule has 5 nitrogen and oxygen atoms in total. The molecule has 0 bridgehead atoms. The number of carboxylic acid groups (broad SMARTS) is 1. The number of nitrogens with zero attached hydrogens (tertiary/aromatic N) is 1. The number of rotatable bonds is 8. The smallest absolute Gasteiger partial charge is 0.304 e. The van der Waals surface area contributed by atoms with Gasteiger partial charge in [0.05, 0.1) is 17.4 Å². The molecule has 1 atom stereocenters. The SMILES string of the molecule is CCN(CC)CCS(=O)(=O)C(C)CC(=O)O. The lowest BCUT2D eigenvalue weighted by Gasteiger charge is -2.19. The van der Waals surface area contributed by atoms with E-state index in [0.717, 1.165) is 13.1 Å². The molecule has 0 aromatic heterocycles. The van der Waals surface area contributed by atoms with Gasteiger partial charge in [-0.1, -0.05) is 13.8 Å². The fraction of sp³-hybridized carbons (Fsp3) is 0.900. The molecule has 0 rings (SSSR count). The predicted octanol–water partition coefficient (Wildman–Crippen LogP) is 0.606. The summed E-state index contributed by atoms with van der Waals surface area (Å²) < 4.78 is 23.4. The van der Waals surface area contributed by atoms with E-state index in [0.29, 0.717) is 6.54 Å². The van der Waals surface area contributed by atoms with E-state index in [9.17, 15) is 13.2 Å². The largest absolute Gasteiger partial charge is 0.481 e. The van der Waals surface area contributed by atoms with E-state index in [-0.39, 0.29) is 12.2 Å². The molecular formula is C10H21NO4S. The van der Waals surface area contributed by atoms with Crippen molar-refractivity contribution in [1.82, 2.24) is 4.90 Å². The van der Waals surface area contributed by atoms with Gasteiger partial charge in [-0.25, -0.2) is 8.42 Å². The van der Waals surface area contributed by atoms with Gasteiger partial charge in [-0.2, -0.15) is 0 Å². The molecule has 1 N–H and O–H groups in total. The lowest BCUT2D eigenvalue weighted by atomic mass is 10.3. The van der Waals surface area contributed by atoms with Gasteiger partial charge in [-0.15, -0.1) is 0 Å². The van der Waals surface area contributed by atoms with Crippen LogP contribution in [0.2, 0.25) is 0 Å². The molecule has 0 aliphatic carbocycles. The fourth-order valence-electron chi connectivity index (χ4n) is 1.37. The molecule has 0 radical (unpaired) electrons. The quantitative estimate of drug-likeness (QED) is 0.684. The summed E-state index contributed by atoms with van der Waals surface area (Å²) in [5.41, 5.74) is 0. The Balaban J connectivity index is 4.29. The van der Waals surface area contributed by atoms with Crippen molar-refractivity contribution in [3.05, 3.63) is 0 Å². The molecule has 0 aromatic rings. The zero-order valence-electron chi connectivity index (χ0n) is 10.1. The molecule has 0 fully saturated rings. The average Bonchev–Trinajstić information content (AvgIpc) is 2.18. The Bertz CT molecular complexity index is 309. The van der Waals surface area contributed by atoms with Crippen molar-refractivity contribution in [3.8, 4) is 0 Å². The van der Waals surface area contributed by atoms with Gasteiger partial charge in [0.25, 0.3) is 0 Å². The third kappa shape index (κ3) is 5.46. The van der Waals surface area contributed by atoms with Gasteiger partial charge in [0.1, 0.15) is 0 Å². The zero-order chi connectivity index (χ0) is 12.8. The molecule has 6 heteroatoms. The van der Waals surface area contributed by atoms with Crippen LogP contribution in [0.25, 0.3) is 0 Å². The van der Waals surface area contributed by atoms with Crippen LogP contribution in [0.3, 0.4) is 0 Å². The van der Waals surface area contributed by atoms with Gasteiger partial charge in [0.15, 0.2) is 9.84 Å². The number of aliphatic carboxylic acids is 1. The molecule has 0 saturated carbocycles. The van der Waals surface area contributed by atoms with Gasteiger partial charge >= 0.3 is 5.97 Å². The van der Waals surface area contributed by atoms with Crippen molar-refractivity contribution in [1.29, 1.82) is 0 Å². The summed E-state index contributed by atoms with van der Waals surface area (Å²) in [5.74, 6) is -1.04. The first kappa shape index (κ1) is 15.4. The summed E-state index contributed by atoms with van der Waals surface area (Å²) in [6.07, 6.45) is -0.319. The lowest BCUT2D eigenvalue weighted by Crippen LogP contribution is -2.33. The average molecular weight is 251 g/mol. The van der Waals surface area contributed by atoms with Crippen molar-refractivity contribution in [2.75, 3.05) is 25.4 Å². The van der Waals surface area contributed by atoms with Crippen LogP contribution in [0.5, 0.6) is 0 Å². The topological polar surface area (TPSA) is 74.7 Å². The summed E-state index contributed by atoms with van der Waals surface area (Å²) in [6.45, 7) is 7.47. The highest BCUT2D eigenvalue weighted by atomic mass is 32.2. The Morgan fingerprint density at radius 1 is 1.31 bits per heavy atom. The fourth-order valence-corrected chi connectivity index (χ4v) is 2.68. The highest BCUT2D eigenvalue weighted by Gasteiger charge is 2.23. The third-order valence-corrected chi connectivity index (χ3v) is 4.81. The maximum Gasteiger partial charge on any atom is 0.304 e. The highest BCUT2D eigenvalue weighted by molar-refractivity contribution is 7.92. The minimum atomic E-state index is -3.29. The molecule has 0 amide bonds. The first-order chi connectivity index (χ1) is 7.33. The van der Waals surface area contributed by atoms with Crippen LogP contribution < -0.4 is 0 Å². The maximum absolute atomic E-state index is 11.7. The van der Waals surface area contributed by atoms with Gasteiger partial charge in [0, 0.05) is 6.54 Å². The van der Waals surface area contributed by atoms with E-state index in [4.69, 9.17) is 5.11 Å². The standard InChI is InChI=1S/C10H21NO4S/c1-4-11(5-2)6-7-16(14,15)9(3)8-10(12)13/h9H,4-8H2,1-3H3,(H,12,13). The van der Waals surface area contributed by atoms with E-state index in [1.807, 2.05) is 18.7 Å². The molecule has 96 valence electrons. The zero-order valence-corrected chi connectivity index (χ0v) is 11.0. The highest BCUT2D eigenvalue weighted by Crippen LogP contribution is 2.07. The van der Waals surface area contributed by atoms with Crippen LogP contribution >= 0.6 is 0 Å². The number of carbonyl (C=O) groups is 1. The van der Waals surface area contributed by atoms with Crippen LogP contribution in [0.15, 0.2) is 0 Å². The maximum atomic E-state index is 11.7. The molecule has 0 heterocycles. The van der Waals surface area contributed by atoms with Crippen molar-refractivity contribution < 1.29 is 18.3 Å². The van der Waals surface area contributed by atoms with Crippen LogP contribution in [0.1, 0.15) is 27.2 Å². The number of hydrogen-bond acceptors (Lipinski definition) is 4. The predicted molar refractivity (Wildman–Crippen MR) is 63.3 cm³/mol. The minimum absolute atomic E-state index is 0.0309. The number of sulfone groups is 1. The van der Waals surface area contributed by atoms with Crippen LogP contribution in [-0.2, 0) is 14.6 Å². The third-order valence-electron chi connectivity index (χ3n) is 2.66. The normalized spacial score (nSPS) is 14.0. The monoisotopic (exact) mass is 251 g/mol. The molecule has 0 saturated heterocycles. The molecule has 16 heavy (non-hydrogen) atoms. The second kappa shape index (κ2) is 6.85. The second-order valence-electron chi connectivity index (χ2n) is 3.80. The number of carboxylic acids is 1. The Morgan fingerprint density at radius 3 is 2.19 bits per heavy atom. The number of hydrogen-bond donors (Lipinski definition) is 1. The van der Waals surface area contributed by atoms with Gasteiger partial charge in [-0.3, -0.25) is 4.79 Å². The molecule has 1 unspecified atom stereocenters. The molecular weight excluding hydrogens is 230 g/mol. The van der Waals surface area contributed by atoms with Gasteiger partial charge < -0.3 is 10.0 Å². The van der Waals surface area contributed by atoms with Crippen molar-refractivity contribution in [2.24, 2.45) is 0 Å². The summed E-state index contributed by atoms with van der Waals surface area (Å²) in [7, 11) is -3.29. The minimum Gasteiger partial charge on any atom is -0.481 e. The van der Waals surface area contributed by atoms with E-state index in [1.54, 1.807) is 0 Å². The molecule has 0 spiro atoms. The first-order valence-corrected chi connectivity index (χ1v) is 7.20. The second-order valence-corrected chi connectivity index (χ2v) is 6.34. The van der Waals surface area contributed by atoms with E-state index < -0.39 is 21.1 Å². The lowest BCUT2D eigenvalue weighted by molar-refractivity contribution is -0.136.